The zero-order valence-electron chi connectivity index (χ0n) is 24.6. The average molecular weight is 565 g/mol. The number of benzene rings is 3. The molecule has 3 aromatic rings. The van der Waals surface area contributed by atoms with Crippen molar-refractivity contribution in [1.82, 2.24) is 0 Å². The Hall–Kier alpha value is -3.88. The Morgan fingerprint density at radius 2 is 1.29 bits per heavy atom. The van der Waals surface area contributed by atoms with E-state index in [1.807, 2.05) is 54.6 Å². The third-order valence-electron chi connectivity index (χ3n) is 7.61. The second kappa shape index (κ2) is 14.1. The van der Waals surface area contributed by atoms with Gasteiger partial charge >= 0.3 is 0 Å². The third kappa shape index (κ3) is 6.89. The van der Waals surface area contributed by atoms with E-state index >= 15 is 0 Å². The van der Waals surface area contributed by atoms with E-state index in [2.05, 4.69) is 12.2 Å². The highest BCUT2D eigenvalue weighted by atomic mass is 16.5. The fourth-order valence-electron chi connectivity index (χ4n) is 5.43. The molecule has 0 amide bonds. The van der Waals surface area contributed by atoms with Crippen molar-refractivity contribution >= 4 is 6.08 Å². The molecule has 4 rings (SSSR count). The first kappa shape index (κ1) is 30.1. The second-order valence-corrected chi connectivity index (χ2v) is 9.94. The van der Waals surface area contributed by atoms with Crippen LogP contribution in [0.1, 0.15) is 41.7 Å². The van der Waals surface area contributed by atoms with Crippen LogP contribution in [0.4, 0.5) is 0 Å². The van der Waals surface area contributed by atoms with Gasteiger partial charge in [0.1, 0.15) is 0 Å². The Labute approximate surface area is 242 Å². The van der Waals surface area contributed by atoms with Crippen LogP contribution in [0.25, 0.3) is 6.08 Å². The molecule has 0 aliphatic carbocycles. The lowest BCUT2D eigenvalue weighted by Crippen LogP contribution is -2.32. The van der Waals surface area contributed by atoms with Crippen LogP contribution in [-0.2, 0) is 4.74 Å². The molecule has 1 saturated heterocycles. The Morgan fingerprint density at radius 3 is 1.93 bits per heavy atom. The maximum Gasteiger partial charge on any atom is 0.161 e. The summed E-state index contributed by atoms with van der Waals surface area (Å²) in [6, 6.07) is 17.2. The van der Waals surface area contributed by atoms with Gasteiger partial charge < -0.3 is 38.3 Å². The van der Waals surface area contributed by atoms with Crippen molar-refractivity contribution in [1.29, 1.82) is 0 Å². The summed E-state index contributed by atoms with van der Waals surface area (Å²) in [6.45, 7) is 0.407. The lowest BCUT2D eigenvalue weighted by molar-refractivity contribution is -0.0901. The van der Waals surface area contributed by atoms with E-state index < -0.39 is 6.10 Å². The van der Waals surface area contributed by atoms with Crippen LogP contribution in [0.15, 0.2) is 60.7 Å². The number of allylic oxidation sites excluding steroid dienone is 1. The van der Waals surface area contributed by atoms with E-state index in [1.165, 1.54) is 0 Å². The molecular weight excluding hydrogens is 524 g/mol. The maximum atomic E-state index is 11.4. The van der Waals surface area contributed by atoms with Crippen LogP contribution in [0.2, 0.25) is 0 Å². The third-order valence-corrected chi connectivity index (χ3v) is 7.61. The topological polar surface area (TPSA) is 84.8 Å². The molecule has 8 nitrogen and oxygen atoms in total. The molecule has 1 N–H and O–H groups in total. The zero-order chi connectivity index (χ0) is 29.4. The number of aliphatic hydroxyl groups is 1. The largest absolute Gasteiger partial charge is 0.493 e. The predicted molar refractivity (Wildman–Crippen MR) is 158 cm³/mol. The monoisotopic (exact) mass is 564 g/mol. The zero-order valence-corrected chi connectivity index (χ0v) is 24.6. The molecule has 0 radical (unpaired) electrons. The molecule has 41 heavy (non-hydrogen) atoms. The number of hydrogen-bond donors (Lipinski definition) is 1. The Kier molecular flexibility index (Phi) is 10.4. The van der Waals surface area contributed by atoms with Gasteiger partial charge in [-0.1, -0.05) is 30.4 Å². The summed E-state index contributed by atoms with van der Waals surface area (Å²) >= 11 is 0. The number of rotatable bonds is 12. The smallest absolute Gasteiger partial charge is 0.161 e. The van der Waals surface area contributed by atoms with Gasteiger partial charge in [0.2, 0.25) is 0 Å². The predicted octanol–water partition coefficient (Wildman–Crippen LogP) is 6.27. The summed E-state index contributed by atoms with van der Waals surface area (Å²) in [4.78, 5) is 0. The first-order valence-corrected chi connectivity index (χ1v) is 13.6. The molecule has 0 bridgehead atoms. The highest BCUT2D eigenvalue weighted by molar-refractivity contribution is 5.56. The summed E-state index contributed by atoms with van der Waals surface area (Å²) in [7, 11) is 9.68. The Bertz CT molecular complexity index is 1320. The molecule has 220 valence electrons. The van der Waals surface area contributed by atoms with Gasteiger partial charge in [-0.05, 0) is 71.8 Å². The summed E-state index contributed by atoms with van der Waals surface area (Å²) in [5.74, 6) is 3.87. The molecule has 1 fully saturated rings. The molecule has 3 aromatic carbocycles. The fraction of sp³-hybridized carbons (Fsp3) is 0.394. The normalized spacial score (nSPS) is 19.4. The van der Waals surface area contributed by atoms with Crippen molar-refractivity contribution < 1.29 is 38.3 Å². The summed E-state index contributed by atoms with van der Waals surface area (Å²) in [6.07, 6.45) is 4.81. The van der Waals surface area contributed by atoms with Crippen molar-refractivity contribution in [2.75, 3.05) is 49.3 Å². The van der Waals surface area contributed by atoms with Crippen molar-refractivity contribution in [2.24, 2.45) is 11.8 Å². The molecule has 4 atom stereocenters. The minimum atomic E-state index is -0.724. The van der Waals surface area contributed by atoms with Gasteiger partial charge in [-0.15, -0.1) is 0 Å². The van der Waals surface area contributed by atoms with E-state index in [0.717, 1.165) is 29.5 Å². The highest BCUT2D eigenvalue weighted by Crippen LogP contribution is 2.44. The maximum absolute atomic E-state index is 11.4. The quantitative estimate of drug-likeness (QED) is 0.276. The lowest BCUT2D eigenvalue weighted by Gasteiger charge is -2.38. The van der Waals surface area contributed by atoms with Crippen LogP contribution in [0.5, 0.6) is 34.5 Å². The summed E-state index contributed by atoms with van der Waals surface area (Å²) in [5.41, 5.74) is 2.77. The van der Waals surface area contributed by atoms with E-state index in [0.29, 0.717) is 41.1 Å². The van der Waals surface area contributed by atoms with Crippen LogP contribution in [0, 0.1) is 11.8 Å². The van der Waals surface area contributed by atoms with Crippen LogP contribution in [-0.4, -0.2) is 54.4 Å². The Balaban J connectivity index is 1.59. The Morgan fingerprint density at radius 1 is 0.732 bits per heavy atom. The van der Waals surface area contributed by atoms with Crippen LogP contribution in [0.3, 0.4) is 0 Å². The average Bonchev–Trinajstić information content (AvgIpc) is 3.03. The van der Waals surface area contributed by atoms with Gasteiger partial charge in [-0.2, -0.15) is 0 Å². The molecular formula is C33H40O8. The summed E-state index contributed by atoms with van der Waals surface area (Å²) < 4.78 is 39.1. The number of ether oxygens (including phenoxy) is 7. The van der Waals surface area contributed by atoms with Gasteiger partial charge in [0, 0.05) is 5.92 Å². The fourth-order valence-corrected chi connectivity index (χ4v) is 5.43. The van der Waals surface area contributed by atoms with Gasteiger partial charge in [0.25, 0.3) is 0 Å². The number of methoxy groups -OCH3 is 6. The molecule has 1 aliphatic heterocycles. The lowest BCUT2D eigenvalue weighted by atomic mass is 9.79. The van der Waals surface area contributed by atoms with Crippen LogP contribution >= 0.6 is 0 Å². The van der Waals surface area contributed by atoms with E-state index in [1.54, 1.807) is 42.7 Å². The minimum absolute atomic E-state index is 0.0954. The molecule has 1 aliphatic rings. The van der Waals surface area contributed by atoms with Crippen LogP contribution < -0.4 is 28.4 Å². The number of aliphatic hydroxyl groups excluding tert-OH is 1. The molecule has 0 aromatic heterocycles. The standard InChI is InChI=1S/C33H40O8/c1-35-26-13-10-21(16-29(26)38-4)8-7-9-23-17-25(32(34)22-11-14-27(36-2)30(18-22)39-5)20-41-33(23)24-12-15-28(37-3)31(19-24)40-6/h7-8,10-16,18-19,23,25,32-34H,9,17,20H2,1-6H3/b8-7-/t23-,25+,32-,33-/m0/s1. The number of hydrogen-bond acceptors (Lipinski definition) is 8. The van der Waals surface area contributed by atoms with Gasteiger partial charge in [-0.25, -0.2) is 0 Å². The van der Waals surface area contributed by atoms with Crippen molar-refractivity contribution in [3.63, 3.8) is 0 Å². The first-order valence-electron chi connectivity index (χ1n) is 13.6. The molecule has 8 heteroatoms. The molecule has 0 spiro atoms. The molecule has 1 heterocycles. The van der Waals surface area contributed by atoms with Gasteiger partial charge in [-0.3, -0.25) is 0 Å². The van der Waals surface area contributed by atoms with Crippen molar-refractivity contribution in [3.05, 3.63) is 77.4 Å². The minimum Gasteiger partial charge on any atom is -0.493 e. The van der Waals surface area contributed by atoms with E-state index in [9.17, 15) is 5.11 Å². The first-order chi connectivity index (χ1) is 20.0. The van der Waals surface area contributed by atoms with E-state index in [4.69, 9.17) is 33.2 Å². The van der Waals surface area contributed by atoms with Crippen molar-refractivity contribution in [2.45, 2.75) is 25.0 Å². The van der Waals surface area contributed by atoms with E-state index in [-0.39, 0.29) is 17.9 Å². The molecule has 0 saturated carbocycles. The molecule has 0 unspecified atom stereocenters. The highest BCUT2D eigenvalue weighted by Gasteiger charge is 2.36. The second-order valence-electron chi connectivity index (χ2n) is 9.94. The van der Waals surface area contributed by atoms with Gasteiger partial charge in [0.05, 0.1) is 61.5 Å². The van der Waals surface area contributed by atoms with Crippen molar-refractivity contribution in [3.8, 4) is 34.5 Å². The summed E-state index contributed by atoms with van der Waals surface area (Å²) in [5, 5.41) is 11.4. The van der Waals surface area contributed by atoms with Gasteiger partial charge in [0.15, 0.2) is 34.5 Å². The SMILES string of the molecule is COc1ccc(/C=C\C[C@H]2C[C@@H]([C@@H](O)c3ccc(OC)c(OC)c3)CO[C@@H]2c2ccc(OC)c(OC)c2)cc1OC.